The van der Waals surface area contributed by atoms with Crippen LogP contribution in [0.3, 0.4) is 0 Å². The molecule has 2 aromatic carbocycles. The van der Waals surface area contributed by atoms with Crippen molar-refractivity contribution in [3.63, 3.8) is 0 Å². The minimum Gasteiger partial charge on any atom is -0.507 e. The first-order chi connectivity index (χ1) is 9.09. The van der Waals surface area contributed by atoms with E-state index in [0.29, 0.717) is 27.3 Å². The largest absolute Gasteiger partial charge is 0.507 e. The lowest BCUT2D eigenvalue weighted by Crippen LogP contribution is -1.91. The summed E-state index contributed by atoms with van der Waals surface area (Å²) in [6.07, 6.45) is 1.14. The SMILES string of the molecule is O=C(O)/C=C1/c2cccc(O)c2-c2c(Cl)cccc21. The van der Waals surface area contributed by atoms with Gasteiger partial charge in [0.25, 0.3) is 0 Å². The van der Waals surface area contributed by atoms with E-state index < -0.39 is 5.97 Å². The predicted octanol–water partition coefficient (Wildman–Crippen LogP) is 3.54. The summed E-state index contributed by atoms with van der Waals surface area (Å²) in [6, 6.07) is 10.3. The minimum absolute atomic E-state index is 0.0978. The molecular formula is C15H9ClO3. The Hall–Kier alpha value is -2.26. The van der Waals surface area contributed by atoms with Crippen LogP contribution in [0.5, 0.6) is 5.75 Å². The van der Waals surface area contributed by atoms with Gasteiger partial charge in [-0.25, -0.2) is 4.79 Å². The van der Waals surface area contributed by atoms with Crippen molar-refractivity contribution in [2.45, 2.75) is 0 Å². The lowest BCUT2D eigenvalue weighted by Gasteiger charge is -2.04. The van der Waals surface area contributed by atoms with Crippen LogP contribution >= 0.6 is 11.6 Å². The summed E-state index contributed by atoms with van der Waals surface area (Å²) in [5, 5.41) is 19.5. The maximum atomic E-state index is 11.0. The summed E-state index contributed by atoms with van der Waals surface area (Å²) >= 11 is 6.19. The lowest BCUT2D eigenvalue weighted by atomic mass is 10.0. The molecule has 0 saturated carbocycles. The molecule has 1 aliphatic rings. The zero-order chi connectivity index (χ0) is 13.6. The van der Waals surface area contributed by atoms with E-state index in [2.05, 4.69) is 0 Å². The highest BCUT2D eigenvalue weighted by atomic mass is 35.5. The second-order valence-corrected chi connectivity index (χ2v) is 4.67. The highest BCUT2D eigenvalue weighted by Gasteiger charge is 2.28. The lowest BCUT2D eigenvalue weighted by molar-refractivity contribution is -0.131. The Morgan fingerprint density at radius 3 is 2.37 bits per heavy atom. The molecule has 4 heteroatoms. The van der Waals surface area contributed by atoms with Gasteiger partial charge in [0.2, 0.25) is 0 Å². The van der Waals surface area contributed by atoms with E-state index in [1.54, 1.807) is 36.4 Å². The van der Waals surface area contributed by atoms with Crippen molar-refractivity contribution in [2.24, 2.45) is 0 Å². The first-order valence-corrected chi connectivity index (χ1v) is 6.03. The number of carboxylic acid groups (broad SMARTS) is 1. The fourth-order valence-electron chi connectivity index (χ4n) is 2.45. The standard InChI is InChI=1S/C15H9ClO3/c16-11-5-1-3-8-10(7-13(18)19)9-4-2-6-12(17)15(9)14(8)11/h1-7,17H,(H,18,19)/b10-7+. The van der Waals surface area contributed by atoms with Gasteiger partial charge in [-0.05, 0) is 28.8 Å². The molecule has 0 fully saturated rings. The molecule has 3 rings (SSSR count). The van der Waals surface area contributed by atoms with Gasteiger partial charge in [0.1, 0.15) is 5.75 Å². The number of rotatable bonds is 1. The number of aromatic hydroxyl groups is 1. The maximum Gasteiger partial charge on any atom is 0.328 e. The van der Waals surface area contributed by atoms with E-state index in [1.807, 2.05) is 0 Å². The zero-order valence-corrected chi connectivity index (χ0v) is 10.5. The van der Waals surface area contributed by atoms with Crippen LogP contribution in [0, 0.1) is 0 Å². The van der Waals surface area contributed by atoms with Crippen molar-refractivity contribution < 1.29 is 15.0 Å². The Bertz CT molecular complexity index is 679. The molecule has 2 aromatic rings. The number of benzene rings is 2. The van der Waals surface area contributed by atoms with Gasteiger partial charge in [-0.15, -0.1) is 0 Å². The third-order valence-electron chi connectivity index (χ3n) is 3.15. The molecule has 0 radical (unpaired) electrons. The first kappa shape index (κ1) is 11.8. The molecule has 0 unspecified atom stereocenters. The van der Waals surface area contributed by atoms with E-state index in [1.165, 1.54) is 0 Å². The molecule has 0 atom stereocenters. The summed E-state index contributed by atoms with van der Waals surface area (Å²) in [6.45, 7) is 0. The quantitative estimate of drug-likeness (QED) is 0.666. The van der Waals surface area contributed by atoms with Crippen LogP contribution < -0.4 is 0 Å². The average Bonchev–Trinajstić information content (AvgIpc) is 2.66. The van der Waals surface area contributed by atoms with Crippen molar-refractivity contribution >= 4 is 23.1 Å². The number of carbonyl (C=O) groups is 1. The van der Waals surface area contributed by atoms with Gasteiger partial charge >= 0.3 is 5.97 Å². The predicted molar refractivity (Wildman–Crippen MR) is 73.3 cm³/mol. The first-order valence-electron chi connectivity index (χ1n) is 5.66. The minimum atomic E-state index is -1.03. The van der Waals surface area contributed by atoms with Gasteiger partial charge in [-0.2, -0.15) is 0 Å². The van der Waals surface area contributed by atoms with Crippen molar-refractivity contribution in [3.05, 3.63) is 58.6 Å². The number of aliphatic carboxylic acids is 1. The normalized spacial score (nSPS) is 14.3. The highest BCUT2D eigenvalue weighted by molar-refractivity contribution is 6.35. The number of hydrogen-bond donors (Lipinski definition) is 2. The number of carboxylic acids is 1. The molecule has 0 aliphatic heterocycles. The molecular weight excluding hydrogens is 264 g/mol. The maximum absolute atomic E-state index is 11.0. The molecule has 2 N–H and O–H groups in total. The number of fused-ring (bicyclic) bond motifs is 3. The third kappa shape index (κ3) is 1.71. The molecule has 94 valence electrons. The fraction of sp³-hybridized carbons (Fsp3) is 0. The number of phenolic OH excluding ortho intramolecular Hbond substituents is 1. The molecule has 0 spiro atoms. The van der Waals surface area contributed by atoms with Gasteiger partial charge in [-0.1, -0.05) is 35.9 Å². The van der Waals surface area contributed by atoms with Crippen molar-refractivity contribution in [1.82, 2.24) is 0 Å². The Morgan fingerprint density at radius 2 is 1.68 bits per heavy atom. The van der Waals surface area contributed by atoms with Crippen LogP contribution in [0.4, 0.5) is 0 Å². The van der Waals surface area contributed by atoms with E-state index in [-0.39, 0.29) is 5.75 Å². The molecule has 0 heterocycles. The van der Waals surface area contributed by atoms with Crippen molar-refractivity contribution in [1.29, 1.82) is 0 Å². The molecule has 0 saturated heterocycles. The molecule has 3 nitrogen and oxygen atoms in total. The van der Waals surface area contributed by atoms with Gasteiger partial charge in [0, 0.05) is 22.2 Å². The summed E-state index contributed by atoms with van der Waals surface area (Å²) in [4.78, 5) is 11.0. The molecule has 0 amide bonds. The monoisotopic (exact) mass is 272 g/mol. The Labute approximate surface area is 114 Å². The summed E-state index contributed by atoms with van der Waals surface area (Å²) in [5.41, 5.74) is 3.26. The van der Waals surface area contributed by atoms with Crippen LogP contribution in [-0.4, -0.2) is 16.2 Å². The van der Waals surface area contributed by atoms with Crippen molar-refractivity contribution in [3.8, 4) is 16.9 Å². The van der Waals surface area contributed by atoms with Crippen LogP contribution in [-0.2, 0) is 4.79 Å². The molecule has 19 heavy (non-hydrogen) atoms. The van der Waals surface area contributed by atoms with Gasteiger partial charge in [0.15, 0.2) is 0 Å². The van der Waals surface area contributed by atoms with E-state index in [4.69, 9.17) is 16.7 Å². The Balaban J connectivity index is 2.44. The van der Waals surface area contributed by atoms with Crippen LogP contribution in [0.25, 0.3) is 16.7 Å². The topological polar surface area (TPSA) is 57.5 Å². The van der Waals surface area contributed by atoms with Crippen LogP contribution in [0.15, 0.2) is 42.5 Å². The Morgan fingerprint density at radius 1 is 1.05 bits per heavy atom. The van der Waals surface area contributed by atoms with Crippen LogP contribution in [0.2, 0.25) is 5.02 Å². The summed E-state index contributed by atoms with van der Waals surface area (Å²) in [7, 11) is 0. The fourth-order valence-corrected chi connectivity index (χ4v) is 2.72. The molecule has 0 aromatic heterocycles. The van der Waals surface area contributed by atoms with Crippen molar-refractivity contribution in [2.75, 3.05) is 0 Å². The highest BCUT2D eigenvalue weighted by Crippen LogP contribution is 2.50. The molecule has 1 aliphatic carbocycles. The van der Waals surface area contributed by atoms with Gasteiger partial charge < -0.3 is 10.2 Å². The number of halogens is 1. The average molecular weight is 273 g/mol. The number of phenols is 1. The summed E-state index contributed by atoms with van der Waals surface area (Å²) in [5.74, 6) is -0.933. The van der Waals surface area contributed by atoms with Gasteiger partial charge in [0.05, 0.1) is 0 Å². The van der Waals surface area contributed by atoms with Gasteiger partial charge in [-0.3, -0.25) is 0 Å². The molecule has 0 bridgehead atoms. The van der Waals surface area contributed by atoms with Crippen LogP contribution in [0.1, 0.15) is 11.1 Å². The second kappa shape index (κ2) is 4.14. The Kier molecular flexibility index (Phi) is 2.57. The zero-order valence-electron chi connectivity index (χ0n) is 9.72. The third-order valence-corrected chi connectivity index (χ3v) is 3.47. The summed E-state index contributed by atoms with van der Waals surface area (Å²) < 4.78 is 0. The van der Waals surface area contributed by atoms with E-state index >= 15 is 0 Å². The van der Waals surface area contributed by atoms with E-state index in [0.717, 1.165) is 11.6 Å². The van der Waals surface area contributed by atoms with E-state index in [9.17, 15) is 9.90 Å². The second-order valence-electron chi connectivity index (χ2n) is 4.26. The number of hydrogen-bond acceptors (Lipinski definition) is 2. The smallest absolute Gasteiger partial charge is 0.328 e.